The van der Waals surface area contributed by atoms with Gasteiger partial charge in [-0.05, 0) is 31.7 Å². The topological polar surface area (TPSA) is 110 Å². The van der Waals surface area contributed by atoms with Crippen LogP contribution in [0.4, 0.5) is 0 Å². The molecular weight excluding hydrogens is 344 g/mol. The van der Waals surface area contributed by atoms with Gasteiger partial charge in [0.05, 0.1) is 17.5 Å². The molecule has 3 rings (SSSR count). The lowest BCUT2D eigenvalue weighted by molar-refractivity contribution is -0.118. The Balaban J connectivity index is 1.63. The Bertz CT molecular complexity index is 767. The van der Waals surface area contributed by atoms with Crippen LogP contribution in [0.25, 0.3) is 0 Å². The zero-order valence-electron chi connectivity index (χ0n) is 14.3. The first-order valence-corrected chi connectivity index (χ1v) is 10.5. The Morgan fingerprint density at radius 3 is 2.56 bits per heavy atom. The van der Waals surface area contributed by atoms with Gasteiger partial charge in [0, 0.05) is 31.6 Å². The maximum Gasteiger partial charge on any atom is 0.271 e. The average Bonchev–Trinajstić information content (AvgIpc) is 3.18. The molecule has 2 fully saturated rings. The number of sulfone groups is 1. The van der Waals surface area contributed by atoms with Crippen LogP contribution in [0.3, 0.4) is 0 Å². The Hall–Kier alpha value is -1.90. The fraction of sp³-hybridized carbons (Fsp3) is 0.688. The lowest BCUT2D eigenvalue weighted by Gasteiger charge is -2.12. The average molecular weight is 368 g/mol. The number of carbonyl (C=O) groups excluding carboxylic acids is 2. The van der Waals surface area contributed by atoms with E-state index in [4.69, 9.17) is 0 Å². The molecule has 1 aliphatic carbocycles. The molecule has 1 aromatic heterocycles. The van der Waals surface area contributed by atoms with Crippen molar-refractivity contribution in [1.29, 1.82) is 0 Å². The van der Waals surface area contributed by atoms with E-state index < -0.39 is 9.84 Å². The molecule has 1 aromatic rings. The molecule has 0 spiro atoms. The van der Waals surface area contributed by atoms with Crippen molar-refractivity contribution in [3.63, 3.8) is 0 Å². The highest BCUT2D eigenvalue weighted by molar-refractivity contribution is 7.91. The van der Waals surface area contributed by atoms with Crippen LogP contribution >= 0.6 is 0 Å². The SMILES string of the molecule is CC(=O)NCCCNC(=O)c1cc(C2CC2)n(C2CCS(=O)(=O)C2)n1. The molecule has 25 heavy (non-hydrogen) atoms. The van der Waals surface area contributed by atoms with Crippen molar-refractivity contribution in [2.24, 2.45) is 0 Å². The van der Waals surface area contributed by atoms with Gasteiger partial charge in [-0.15, -0.1) is 0 Å². The zero-order chi connectivity index (χ0) is 18.0. The number of nitrogens with zero attached hydrogens (tertiary/aromatic N) is 2. The predicted molar refractivity (Wildman–Crippen MR) is 92.1 cm³/mol. The van der Waals surface area contributed by atoms with Crippen molar-refractivity contribution in [2.75, 3.05) is 24.6 Å². The first-order chi connectivity index (χ1) is 11.9. The van der Waals surface area contributed by atoms with Crippen molar-refractivity contribution < 1.29 is 18.0 Å². The first-order valence-electron chi connectivity index (χ1n) is 8.68. The molecule has 0 bridgehead atoms. The van der Waals surface area contributed by atoms with Gasteiger partial charge in [0.2, 0.25) is 5.91 Å². The number of aromatic nitrogens is 2. The monoisotopic (exact) mass is 368 g/mol. The number of carbonyl (C=O) groups is 2. The van der Waals surface area contributed by atoms with Crippen molar-refractivity contribution in [2.45, 2.75) is 44.6 Å². The Morgan fingerprint density at radius 1 is 1.24 bits per heavy atom. The number of rotatable bonds is 7. The number of hydrogen-bond acceptors (Lipinski definition) is 5. The van der Waals surface area contributed by atoms with Gasteiger partial charge in [0.1, 0.15) is 5.69 Å². The summed E-state index contributed by atoms with van der Waals surface area (Å²) in [5.74, 6) is 0.325. The number of hydrogen-bond donors (Lipinski definition) is 2. The fourth-order valence-electron chi connectivity index (χ4n) is 3.11. The number of amides is 2. The molecule has 8 nitrogen and oxygen atoms in total. The second-order valence-corrected chi connectivity index (χ2v) is 9.05. The summed E-state index contributed by atoms with van der Waals surface area (Å²) in [6.07, 6.45) is 3.32. The third-order valence-electron chi connectivity index (χ3n) is 4.56. The zero-order valence-corrected chi connectivity index (χ0v) is 15.1. The van der Waals surface area contributed by atoms with Crippen LogP contribution in [0.15, 0.2) is 6.07 Å². The second-order valence-electron chi connectivity index (χ2n) is 6.82. The molecule has 1 aliphatic heterocycles. The molecule has 0 radical (unpaired) electrons. The van der Waals surface area contributed by atoms with E-state index in [1.54, 1.807) is 10.7 Å². The Labute approximate surface area is 147 Å². The van der Waals surface area contributed by atoms with Gasteiger partial charge in [0.25, 0.3) is 5.91 Å². The normalized spacial score (nSPS) is 21.9. The molecule has 0 aromatic carbocycles. The highest BCUT2D eigenvalue weighted by Gasteiger charge is 2.36. The van der Waals surface area contributed by atoms with Gasteiger partial charge in [-0.25, -0.2) is 8.42 Å². The number of nitrogens with one attached hydrogen (secondary N) is 2. The van der Waals surface area contributed by atoms with Gasteiger partial charge in [-0.2, -0.15) is 5.10 Å². The highest BCUT2D eigenvalue weighted by Crippen LogP contribution is 2.42. The van der Waals surface area contributed by atoms with Crippen molar-refractivity contribution in [1.82, 2.24) is 20.4 Å². The lowest BCUT2D eigenvalue weighted by Crippen LogP contribution is -2.29. The molecule has 138 valence electrons. The molecule has 1 atom stereocenters. The summed E-state index contributed by atoms with van der Waals surface area (Å²) in [6.45, 7) is 2.41. The molecule has 1 saturated heterocycles. The van der Waals surface area contributed by atoms with Gasteiger partial charge >= 0.3 is 0 Å². The van der Waals surface area contributed by atoms with Crippen LogP contribution in [0, 0.1) is 0 Å². The van der Waals surface area contributed by atoms with E-state index in [9.17, 15) is 18.0 Å². The Morgan fingerprint density at radius 2 is 1.96 bits per heavy atom. The molecule has 2 amide bonds. The van der Waals surface area contributed by atoms with E-state index >= 15 is 0 Å². The second kappa shape index (κ2) is 7.15. The minimum atomic E-state index is -3.00. The molecule has 9 heteroatoms. The van der Waals surface area contributed by atoms with Crippen LogP contribution < -0.4 is 10.6 Å². The molecule has 2 aliphatic rings. The van der Waals surface area contributed by atoms with Crippen LogP contribution in [-0.2, 0) is 14.6 Å². The summed E-state index contributed by atoms with van der Waals surface area (Å²) in [7, 11) is -3.00. The van der Waals surface area contributed by atoms with E-state index in [1.807, 2.05) is 0 Å². The van der Waals surface area contributed by atoms with E-state index in [0.29, 0.717) is 37.5 Å². The summed E-state index contributed by atoms with van der Waals surface area (Å²) in [4.78, 5) is 23.1. The van der Waals surface area contributed by atoms with Crippen LogP contribution in [-0.4, -0.2) is 54.6 Å². The predicted octanol–water partition coefficient (Wildman–Crippen LogP) is 0.376. The van der Waals surface area contributed by atoms with Crippen LogP contribution in [0.1, 0.15) is 60.7 Å². The highest BCUT2D eigenvalue weighted by atomic mass is 32.2. The van der Waals surface area contributed by atoms with E-state index in [2.05, 4.69) is 15.7 Å². The fourth-order valence-corrected chi connectivity index (χ4v) is 4.80. The van der Waals surface area contributed by atoms with Gasteiger partial charge in [-0.1, -0.05) is 0 Å². The molecule has 1 saturated carbocycles. The third-order valence-corrected chi connectivity index (χ3v) is 6.31. The summed E-state index contributed by atoms with van der Waals surface area (Å²) < 4.78 is 25.3. The van der Waals surface area contributed by atoms with Crippen molar-refractivity contribution in [3.8, 4) is 0 Å². The van der Waals surface area contributed by atoms with E-state index in [1.165, 1.54) is 6.92 Å². The summed E-state index contributed by atoms with van der Waals surface area (Å²) in [6, 6.07) is 1.63. The summed E-state index contributed by atoms with van der Waals surface area (Å²) in [5.41, 5.74) is 1.32. The van der Waals surface area contributed by atoms with Gasteiger partial charge in [0.15, 0.2) is 9.84 Å². The van der Waals surface area contributed by atoms with Gasteiger partial charge in [-0.3, -0.25) is 14.3 Å². The maximum atomic E-state index is 12.3. The lowest BCUT2D eigenvalue weighted by atomic mass is 10.2. The largest absolute Gasteiger partial charge is 0.356 e. The van der Waals surface area contributed by atoms with Crippen molar-refractivity contribution in [3.05, 3.63) is 17.5 Å². The molecular formula is C16H24N4O4S. The quantitative estimate of drug-likeness (QED) is 0.676. The molecule has 2 N–H and O–H groups in total. The van der Waals surface area contributed by atoms with E-state index in [-0.39, 0.29) is 29.4 Å². The third kappa shape index (κ3) is 4.59. The maximum absolute atomic E-state index is 12.3. The summed E-state index contributed by atoms with van der Waals surface area (Å²) in [5, 5.41) is 9.88. The van der Waals surface area contributed by atoms with Crippen LogP contribution in [0.5, 0.6) is 0 Å². The standard InChI is InChI=1S/C16H24N4O4S/c1-11(21)17-6-2-7-18-16(22)14-9-15(12-3-4-12)20(19-14)13-5-8-25(23,24)10-13/h9,12-13H,2-8,10H2,1H3,(H,17,21)(H,18,22). The minimum Gasteiger partial charge on any atom is -0.356 e. The molecule has 2 heterocycles. The van der Waals surface area contributed by atoms with Crippen LogP contribution in [0.2, 0.25) is 0 Å². The minimum absolute atomic E-state index is 0.0920. The first kappa shape index (κ1) is 17.9. The molecule has 1 unspecified atom stereocenters. The smallest absolute Gasteiger partial charge is 0.271 e. The Kier molecular flexibility index (Phi) is 5.12. The van der Waals surface area contributed by atoms with E-state index in [0.717, 1.165) is 18.5 Å². The summed E-state index contributed by atoms with van der Waals surface area (Å²) >= 11 is 0. The van der Waals surface area contributed by atoms with Crippen molar-refractivity contribution >= 4 is 21.7 Å². The van der Waals surface area contributed by atoms with Gasteiger partial charge < -0.3 is 10.6 Å².